The monoisotopic (exact) mass is 326 g/mol. The molecule has 1 fully saturated rings. The summed E-state index contributed by atoms with van der Waals surface area (Å²) in [4.78, 5) is 11.7. The lowest BCUT2D eigenvalue weighted by atomic mass is 9.99. The third kappa shape index (κ3) is 5.30. The van der Waals surface area contributed by atoms with Crippen LogP contribution in [0.15, 0.2) is 28.7 Å². The Bertz CT molecular complexity index is 402. The molecule has 1 amide bonds. The van der Waals surface area contributed by atoms with Crippen LogP contribution in [-0.4, -0.2) is 32.2 Å². The van der Waals surface area contributed by atoms with Crippen LogP contribution >= 0.6 is 15.9 Å². The Balaban J connectivity index is 1.65. The van der Waals surface area contributed by atoms with Gasteiger partial charge in [0.25, 0.3) is 0 Å². The third-order valence-electron chi connectivity index (χ3n) is 3.17. The van der Waals surface area contributed by atoms with Gasteiger partial charge in [-0.25, -0.2) is 0 Å². The van der Waals surface area contributed by atoms with Gasteiger partial charge in [-0.3, -0.25) is 4.79 Å². The van der Waals surface area contributed by atoms with Gasteiger partial charge in [0, 0.05) is 10.2 Å². The summed E-state index contributed by atoms with van der Waals surface area (Å²) in [5.74, 6) is 0.484. The molecular weight excluding hydrogens is 308 g/mol. The molecule has 1 saturated heterocycles. The Morgan fingerprint density at radius 1 is 1.32 bits per heavy atom. The maximum Gasteiger partial charge on any atom is 0.250 e. The molecule has 5 heteroatoms. The van der Waals surface area contributed by atoms with Crippen LogP contribution in [0.4, 0.5) is 5.69 Å². The fraction of sp³-hybridized carbons (Fsp3) is 0.500. The number of amides is 1. The second-order valence-electron chi connectivity index (χ2n) is 4.76. The highest BCUT2D eigenvalue weighted by Crippen LogP contribution is 2.14. The molecule has 0 saturated carbocycles. The Kier molecular flexibility index (Phi) is 5.82. The molecule has 0 spiro atoms. The van der Waals surface area contributed by atoms with E-state index in [1.165, 1.54) is 0 Å². The van der Waals surface area contributed by atoms with Gasteiger partial charge in [0.2, 0.25) is 5.91 Å². The zero-order chi connectivity index (χ0) is 13.5. The number of carbonyl (C=O) groups is 1. The van der Waals surface area contributed by atoms with Gasteiger partial charge in [0.15, 0.2) is 0 Å². The number of carbonyl (C=O) groups excluding carboxylic acids is 1. The Hall–Kier alpha value is -0.910. The summed E-state index contributed by atoms with van der Waals surface area (Å²) >= 11 is 3.36. The molecule has 1 aliphatic heterocycles. The van der Waals surface area contributed by atoms with Crippen molar-refractivity contribution in [1.29, 1.82) is 0 Å². The van der Waals surface area contributed by atoms with Crippen LogP contribution in [0, 0.1) is 5.92 Å². The van der Waals surface area contributed by atoms with Crippen molar-refractivity contribution in [2.45, 2.75) is 12.8 Å². The van der Waals surface area contributed by atoms with Gasteiger partial charge in [-0.15, -0.1) is 0 Å². The van der Waals surface area contributed by atoms with Gasteiger partial charge >= 0.3 is 0 Å². The van der Waals surface area contributed by atoms with Crippen LogP contribution in [0.2, 0.25) is 0 Å². The smallest absolute Gasteiger partial charge is 0.250 e. The highest BCUT2D eigenvalue weighted by Gasteiger charge is 2.13. The van der Waals surface area contributed by atoms with Crippen LogP contribution in [0.3, 0.4) is 0 Å². The Morgan fingerprint density at radius 3 is 2.68 bits per heavy atom. The van der Waals surface area contributed by atoms with Crippen LogP contribution in [-0.2, 0) is 9.53 Å². The van der Waals surface area contributed by atoms with E-state index in [9.17, 15) is 4.79 Å². The number of piperidine rings is 1. The first-order valence-electron chi connectivity index (χ1n) is 6.58. The first-order chi connectivity index (χ1) is 9.24. The fourth-order valence-electron chi connectivity index (χ4n) is 2.10. The normalized spacial score (nSPS) is 16.3. The topological polar surface area (TPSA) is 50.4 Å². The molecule has 0 radical (unpaired) electrons. The quantitative estimate of drug-likeness (QED) is 0.873. The molecule has 4 nitrogen and oxygen atoms in total. The molecule has 1 aromatic carbocycles. The lowest BCUT2D eigenvalue weighted by molar-refractivity contribution is -0.121. The Morgan fingerprint density at radius 2 is 2.00 bits per heavy atom. The molecule has 104 valence electrons. The van der Waals surface area contributed by atoms with E-state index in [2.05, 4.69) is 26.6 Å². The first kappa shape index (κ1) is 14.5. The number of ether oxygens (including phenoxy) is 1. The molecule has 1 aliphatic rings. The molecule has 2 rings (SSSR count). The van der Waals surface area contributed by atoms with Crippen molar-refractivity contribution in [2.75, 3.05) is 31.6 Å². The minimum Gasteiger partial charge on any atom is -0.371 e. The maximum atomic E-state index is 11.7. The summed E-state index contributed by atoms with van der Waals surface area (Å²) in [7, 11) is 0. The Labute approximate surface area is 122 Å². The SMILES string of the molecule is O=C(COCC1CCNCC1)Nc1ccc(Br)cc1. The molecule has 0 aromatic heterocycles. The largest absolute Gasteiger partial charge is 0.371 e. The van der Waals surface area contributed by atoms with Crippen LogP contribution < -0.4 is 10.6 Å². The van der Waals surface area contributed by atoms with Crippen molar-refractivity contribution >= 4 is 27.5 Å². The molecule has 0 unspecified atom stereocenters. The van der Waals surface area contributed by atoms with E-state index >= 15 is 0 Å². The number of anilines is 1. The van der Waals surface area contributed by atoms with E-state index in [1.54, 1.807) is 0 Å². The van der Waals surface area contributed by atoms with E-state index < -0.39 is 0 Å². The van der Waals surface area contributed by atoms with Crippen molar-refractivity contribution in [2.24, 2.45) is 5.92 Å². The van der Waals surface area contributed by atoms with Crippen LogP contribution in [0.5, 0.6) is 0 Å². The minimum absolute atomic E-state index is 0.101. The molecule has 0 aliphatic carbocycles. The zero-order valence-corrected chi connectivity index (χ0v) is 12.4. The number of benzene rings is 1. The standard InChI is InChI=1S/C14H19BrN2O2/c15-12-1-3-13(4-2-12)17-14(18)10-19-9-11-5-7-16-8-6-11/h1-4,11,16H,5-10H2,(H,17,18). The second-order valence-corrected chi connectivity index (χ2v) is 5.68. The van der Waals surface area contributed by atoms with Gasteiger partial charge in [-0.05, 0) is 56.1 Å². The lowest BCUT2D eigenvalue weighted by Crippen LogP contribution is -2.30. The molecular formula is C14H19BrN2O2. The molecule has 0 atom stereocenters. The zero-order valence-electron chi connectivity index (χ0n) is 10.8. The van der Waals surface area contributed by atoms with Crippen molar-refractivity contribution < 1.29 is 9.53 Å². The number of hydrogen-bond donors (Lipinski definition) is 2. The van der Waals surface area contributed by atoms with E-state index in [4.69, 9.17) is 4.74 Å². The van der Waals surface area contributed by atoms with Crippen molar-refractivity contribution in [1.82, 2.24) is 5.32 Å². The van der Waals surface area contributed by atoms with Gasteiger partial charge in [-0.1, -0.05) is 15.9 Å². The van der Waals surface area contributed by atoms with E-state index in [-0.39, 0.29) is 12.5 Å². The van der Waals surface area contributed by atoms with Gasteiger partial charge in [-0.2, -0.15) is 0 Å². The van der Waals surface area contributed by atoms with Gasteiger partial charge in [0.1, 0.15) is 6.61 Å². The molecule has 1 heterocycles. The summed E-state index contributed by atoms with van der Waals surface area (Å²) in [6.45, 7) is 2.91. The second kappa shape index (κ2) is 7.62. The molecule has 1 aromatic rings. The van der Waals surface area contributed by atoms with E-state index in [0.717, 1.165) is 36.1 Å². The summed E-state index contributed by atoms with van der Waals surface area (Å²) in [5, 5.41) is 6.12. The van der Waals surface area contributed by atoms with E-state index in [1.807, 2.05) is 24.3 Å². The van der Waals surface area contributed by atoms with Crippen molar-refractivity contribution in [3.8, 4) is 0 Å². The lowest BCUT2D eigenvalue weighted by Gasteiger charge is -2.22. The number of nitrogens with one attached hydrogen (secondary N) is 2. The summed E-state index contributed by atoms with van der Waals surface area (Å²) in [6, 6.07) is 7.50. The van der Waals surface area contributed by atoms with Gasteiger partial charge in [0.05, 0.1) is 6.61 Å². The highest BCUT2D eigenvalue weighted by atomic mass is 79.9. The minimum atomic E-state index is -0.101. The molecule has 19 heavy (non-hydrogen) atoms. The van der Waals surface area contributed by atoms with E-state index in [0.29, 0.717) is 12.5 Å². The predicted octanol–water partition coefficient (Wildman–Crippen LogP) is 2.40. The third-order valence-corrected chi connectivity index (χ3v) is 3.70. The average molecular weight is 327 g/mol. The first-order valence-corrected chi connectivity index (χ1v) is 7.37. The summed E-state index contributed by atoms with van der Waals surface area (Å²) in [6.07, 6.45) is 2.27. The van der Waals surface area contributed by atoms with Crippen molar-refractivity contribution in [3.05, 3.63) is 28.7 Å². The van der Waals surface area contributed by atoms with Crippen LogP contribution in [0.25, 0.3) is 0 Å². The number of halogens is 1. The summed E-state index contributed by atoms with van der Waals surface area (Å²) < 4.78 is 6.47. The maximum absolute atomic E-state index is 11.7. The average Bonchev–Trinajstić information content (AvgIpc) is 2.43. The summed E-state index contributed by atoms with van der Waals surface area (Å²) in [5.41, 5.74) is 0.790. The van der Waals surface area contributed by atoms with Crippen molar-refractivity contribution in [3.63, 3.8) is 0 Å². The highest BCUT2D eigenvalue weighted by molar-refractivity contribution is 9.10. The number of rotatable bonds is 5. The van der Waals surface area contributed by atoms with Crippen LogP contribution in [0.1, 0.15) is 12.8 Å². The molecule has 0 bridgehead atoms. The molecule has 2 N–H and O–H groups in total. The fourth-order valence-corrected chi connectivity index (χ4v) is 2.36. The predicted molar refractivity (Wildman–Crippen MR) is 79.2 cm³/mol. The number of hydrogen-bond acceptors (Lipinski definition) is 3. The van der Waals surface area contributed by atoms with Gasteiger partial charge < -0.3 is 15.4 Å².